The number of anilines is 1. The summed E-state index contributed by atoms with van der Waals surface area (Å²) in [5.74, 6) is 0.276. The molecule has 100 valence electrons. The van der Waals surface area contributed by atoms with Gasteiger partial charge in [0.2, 0.25) is 0 Å². The number of para-hydroxylation sites is 2. The van der Waals surface area contributed by atoms with Gasteiger partial charge in [0.15, 0.2) is 6.61 Å². The Morgan fingerprint density at radius 2 is 2.06 bits per heavy atom. The first-order valence-corrected chi connectivity index (χ1v) is 5.73. The van der Waals surface area contributed by atoms with Gasteiger partial charge < -0.3 is 20.5 Å². The summed E-state index contributed by atoms with van der Waals surface area (Å²) in [6.07, 6.45) is 0. The van der Waals surface area contributed by atoms with Crippen molar-refractivity contribution in [3.63, 3.8) is 0 Å². The zero-order chi connectivity index (χ0) is 13.8. The Bertz CT molecular complexity index is 418. The number of nitrogen functional groups attached to an aromatic ring is 1. The molecule has 0 aliphatic carbocycles. The number of hydrogen-bond donors (Lipinski definition) is 2. The molecule has 0 spiro atoms. The van der Waals surface area contributed by atoms with Crippen molar-refractivity contribution in [2.75, 3.05) is 26.0 Å². The van der Waals surface area contributed by atoms with E-state index in [1.807, 2.05) is 0 Å². The van der Waals surface area contributed by atoms with Crippen molar-refractivity contribution in [2.24, 2.45) is 0 Å². The van der Waals surface area contributed by atoms with Crippen molar-refractivity contribution < 1.29 is 14.6 Å². The summed E-state index contributed by atoms with van der Waals surface area (Å²) < 4.78 is 5.36. The number of rotatable bonds is 5. The molecular weight excluding hydrogens is 232 g/mol. The van der Waals surface area contributed by atoms with Crippen molar-refractivity contribution in [2.45, 2.75) is 19.4 Å². The molecule has 1 rings (SSSR count). The van der Waals surface area contributed by atoms with Gasteiger partial charge in [0.05, 0.1) is 17.8 Å². The quantitative estimate of drug-likeness (QED) is 0.763. The molecule has 0 unspecified atom stereocenters. The summed E-state index contributed by atoms with van der Waals surface area (Å²) in [5.41, 5.74) is 5.59. The summed E-state index contributed by atoms with van der Waals surface area (Å²) in [4.78, 5) is 13.3. The normalized spacial score (nSPS) is 11.1. The molecule has 5 heteroatoms. The van der Waals surface area contributed by atoms with E-state index < -0.39 is 5.54 Å². The lowest BCUT2D eigenvalue weighted by Gasteiger charge is -2.33. The Morgan fingerprint density at radius 1 is 1.44 bits per heavy atom. The minimum absolute atomic E-state index is 0.103. The van der Waals surface area contributed by atoms with Crippen LogP contribution in [-0.2, 0) is 4.79 Å². The van der Waals surface area contributed by atoms with Gasteiger partial charge in [-0.25, -0.2) is 0 Å². The van der Waals surface area contributed by atoms with Crippen LogP contribution in [0.4, 0.5) is 5.69 Å². The van der Waals surface area contributed by atoms with Crippen molar-refractivity contribution in [1.82, 2.24) is 4.90 Å². The second-order valence-corrected chi connectivity index (χ2v) is 4.75. The van der Waals surface area contributed by atoms with Crippen molar-refractivity contribution >= 4 is 11.6 Å². The van der Waals surface area contributed by atoms with E-state index in [4.69, 9.17) is 10.5 Å². The second kappa shape index (κ2) is 5.73. The molecule has 0 bridgehead atoms. The maximum absolute atomic E-state index is 11.9. The van der Waals surface area contributed by atoms with Crippen LogP contribution < -0.4 is 10.5 Å². The zero-order valence-corrected chi connectivity index (χ0v) is 11.0. The van der Waals surface area contributed by atoms with Crippen LogP contribution in [-0.4, -0.2) is 41.7 Å². The highest BCUT2D eigenvalue weighted by molar-refractivity contribution is 5.78. The molecule has 3 N–H and O–H groups in total. The highest BCUT2D eigenvalue weighted by Crippen LogP contribution is 2.20. The topological polar surface area (TPSA) is 75.8 Å². The number of hydrogen-bond acceptors (Lipinski definition) is 4. The maximum Gasteiger partial charge on any atom is 0.260 e. The van der Waals surface area contributed by atoms with Crippen LogP contribution in [0.15, 0.2) is 24.3 Å². The monoisotopic (exact) mass is 252 g/mol. The number of likely N-dealkylation sites (N-methyl/N-ethyl adjacent to an activating group) is 1. The smallest absolute Gasteiger partial charge is 0.260 e. The van der Waals surface area contributed by atoms with Crippen LogP contribution >= 0.6 is 0 Å². The summed E-state index contributed by atoms with van der Waals surface area (Å²) in [7, 11) is 1.64. The Hall–Kier alpha value is -1.75. The Balaban J connectivity index is 2.59. The number of amides is 1. The average molecular weight is 252 g/mol. The van der Waals surface area contributed by atoms with E-state index in [-0.39, 0.29) is 19.1 Å². The molecule has 1 aromatic rings. The van der Waals surface area contributed by atoms with E-state index in [1.54, 1.807) is 45.2 Å². The highest BCUT2D eigenvalue weighted by Gasteiger charge is 2.26. The molecule has 0 atom stereocenters. The van der Waals surface area contributed by atoms with E-state index in [1.165, 1.54) is 4.90 Å². The fourth-order valence-electron chi connectivity index (χ4n) is 1.29. The standard InChI is InChI=1S/C13H20N2O3/c1-13(2,9-16)15(3)12(17)8-18-11-7-5-4-6-10(11)14/h4-7,16H,8-9,14H2,1-3H3. The highest BCUT2D eigenvalue weighted by atomic mass is 16.5. The zero-order valence-electron chi connectivity index (χ0n) is 11.0. The number of carbonyl (C=O) groups excluding carboxylic acids is 1. The van der Waals surface area contributed by atoms with Crippen LogP contribution in [0.1, 0.15) is 13.8 Å². The van der Waals surface area contributed by atoms with Crippen molar-refractivity contribution in [3.05, 3.63) is 24.3 Å². The maximum atomic E-state index is 11.9. The van der Waals surface area contributed by atoms with Crippen LogP contribution in [0.3, 0.4) is 0 Å². The van der Waals surface area contributed by atoms with Gasteiger partial charge in [0.1, 0.15) is 5.75 Å². The van der Waals surface area contributed by atoms with Crippen LogP contribution in [0.2, 0.25) is 0 Å². The van der Waals surface area contributed by atoms with Crippen molar-refractivity contribution in [3.8, 4) is 5.75 Å². The van der Waals surface area contributed by atoms with E-state index >= 15 is 0 Å². The molecule has 0 aromatic heterocycles. The average Bonchev–Trinajstić information content (AvgIpc) is 2.36. The molecule has 0 aliphatic heterocycles. The second-order valence-electron chi connectivity index (χ2n) is 4.75. The molecular formula is C13H20N2O3. The number of aliphatic hydroxyl groups excluding tert-OH is 1. The number of benzene rings is 1. The van der Waals surface area contributed by atoms with E-state index in [9.17, 15) is 9.90 Å². The van der Waals surface area contributed by atoms with Gasteiger partial charge in [-0.15, -0.1) is 0 Å². The molecule has 0 saturated heterocycles. The molecule has 0 saturated carbocycles. The Kier molecular flexibility index (Phi) is 4.55. The lowest BCUT2D eigenvalue weighted by atomic mass is 10.1. The number of carbonyl (C=O) groups is 1. The van der Waals surface area contributed by atoms with Crippen molar-refractivity contribution in [1.29, 1.82) is 0 Å². The summed E-state index contributed by atoms with van der Waals surface area (Å²) in [6.45, 7) is 3.35. The molecule has 5 nitrogen and oxygen atoms in total. The molecule has 1 aromatic carbocycles. The predicted octanol–water partition coefficient (Wildman–Crippen LogP) is 0.877. The van der Waals surface area contributed by atoms with Crippen LogP contribution in [0.25, 0.3) is 0 Å². The Labute approximate surface area is 107 Å². The lowest BCUT2D eigenvalue weighted by molar-refractivity contribution is -0.138. The number of nitrogens with two attached hydrogens (primary N) is 1. The first-order valence-electron chi connectivity index (χ1n) is 5.73. The van der Waals surface area contributed by atoms with Gasteiger partial charge in [-0.3, -0.25) is 4.79 Å². The minimum atomic E-state index is -0.608. The molecule has 0 fully saturated rings. The van der Waals surface area contributed by atoms with Gasteiger partial charge in [0.25, 0.3) is 5.91 Å². The summed E-state index contributed by atoms with van der Waals surface area (Å²) >= 11 is 0. The third-order valence-corrected chi connectivity index (χ3v) is 2.94. The van der Waals surface area contributed by atoms with E-state index in [0.717, 1.165) is 0 Å². The first-order chi connectivity index (χ1) is 8.38. The summed E-state index contributed by atoms with van der Waals surface area (Å²) in [5, 5.41) is 9.19. The first kappa shape index (κ1) is 14.3. The van der Waals surface area contributed by atoms with Gasteiger partial charge in [-0.05, 0) is 26.0 Å². The van der Waals surface area contributed by atoms with E-state index in [2.05, 4.69) is 0 Å². The SMILES string of the molecule is CN(C(=O)COc1ccccc1N)C(C)(C)CO. The molecule has 0 radical (unpaired) electrons. The largest absolute Gasteiger partial charge is 0.482 e. The number of ether oxygens (including phenoxy) is 1. The van der Waals surface area contributed by atoms with Crippen LogP contribution in [0, 0.1) is 0 Å². The number of aliphatic hydroxyl groups is 1. The minimum Gasteiger partial charge on any atom is -0.482 e. The van der Waals surface area contributed by atoms with Gasteiger partial charge in [-0.2, -0.15) is 0 Å². The van der Waals surface area contributed by atoms with Crippen LogP contribution in [0.5, 0.6) is 5.75 Å². The summed E-state index contributed by atoms with van der Waals surface area (Å²) in [6, 6.07) is 7.00. The lowest BCUT2D eigenvalue weighted by Crippen LogP contribution is -2.49. The number of nitrogens with zero attached hydrogens (tertiary/aromatic N) is 1. The third-order valence-electron chi connectivity index (χ3n) is 2.94. The van der Waals surface area contributed by atoms with Gasteiger partial charge in [0, 0.05) is 7.05 Å². The van der Waals surface area contributed by atoms with E-state index in [0.29, 0.717) is 11.4 Å². The fraction of sp³-hybridized carbons (Fsp3) is 0.462. The third kappa shape index (κ3) is 3.37. The molecule has 0 aliphatic rings. The van der Waals surface area contributed by atoms with Gasteiger partial charge in [-0.1, -0.05) is 12.1 Å². The fourth-order valence-corrected chi connectivity index (χ4v) is 1.29. The molecule has 1 amide bonds. The van der Waals surface area contributed by atoms with Gasteiger partial charge >= 0.3 is 0 Å². The Morgan fingerprint density at radius 3 is 2.61 bits per heavy atom. The predicted molar refractivity (Wildman–Crippen MR) is 70.3 cm³/mol. The molecule has 18 heavy (non-hydrogen) atoms. The molecule has 0 heterocycles.